The Morgan fingerprint density at radius 1 is 1.30 bits per heavy atom. The topological polar surface area (TPSA) is 102 Å². The Hall–Kier alpha value is -3.36. The number of halogens is 1. The number of carbonyl (C=O) groups excluding carboxylic acids is 1. The molecule has 9 heteroatoms. The van der Waals surface area contributed by atoms with E-state index >= 15 is 0 Å². The van der Waals surface area contributed by atoms with Gasteiger partial charge in [-0.15, -0.1) is 0 Å². The van der Waals surface area contributed by atoms with Crippen LogP contribution in [0.5, 0.6) is 5.75 Å². The van der Waals surface area contributed by atoms with Gasteiger partial charge in [-0.05, 0) is 37.6 Å². The molecule has 0 saturated carbocycles. The van der Waals surface area contributed by atoms with E-state index in [-0.39, 0.29) is 29.1 Å². The number of aromatic nitrogens is 1. The van der Waals surface area contributed by atoms with E-state index in [2.05, 4.69) is 25.9 Å². The number of nitrogens with one attached hydrogen (secondary N) is 3. The van der Waals surface area contributed by atoms with Crippen LogP contribution in [0.2, 0.25) is 0 Å². The summed E-state index contributed by atoms with van der Waals surface area (Å²) in [6.45, 7) is 4.71. The zero-order chi connectivity index (χ0) is 21.3. The normalized spacial score (nSPS) is 16.4. The third-order valence-corrected chi connectivity index (χ3v) is 4.73. The number of carbonyl (C=O) groups is 1. The summed E-state index contributed by atoms with van der Waals surface area (Å²) in [6.07, 6.45) is 2.43. The van der Waals surface area contributed by atoms with Crippen molar-refractivity contribution in [1.29, 1.82) is 0 Å². The van der Waals surface area contributed by atoms with E-state index in [9.17, 15) is 14.3 Å². The minimum absolute atomic E-state index is 0.0522. The summed E-state index contributed by atoms with van der Waals surface area (Å²) >= 11 is 0. The van der Waals surface area contributed by atoms with E-state index in [1.807, 2.05) is 11.8 Å². The van der Waals surface area contributed by atoms with E-state index in [0.717, 1.165) is 6.42 Å². The second kappa shape index (κ2) is 10.4. The maximum atomic E-state index is 14.0. The molecule has 160 valence electrons. The van der Waals surface area contributed by atoms with Gasteiger partial charge in [-0.3, -0.25) is 9.79 Å². The first kappa shape index (κ1) is 21.4. The van der Waals surface area contributed by atoms with Crippen LogP contribution >= 0.6 is 0 Å². The predicted octanol–water partition coefficient (Wildman–Crippen LogP) is 1.49. The molecule has 2 heterocycles. The molecule has 3 rings (SSSR count). The number of anilines is 1. The lowest BCUT2D eigenvalue weighted by molar-refractivity contribution is 0.0952. The largest absolute Gasteiger partial charge is 0.507 e. The lowest BCUT2D eigenvalue weighted by Gasteiger charge is -2.20. The third kappa shape index (κ3) is 5.59. The second-order valence-electron chi connectivity index (χ2n) is 6.92. The van der Waals surface area contributed by atoms with Gasteiger partial charge in [-0.25, -0.2) is 9.37 Å². The molecular formula is C21H27FN6O2. The zero-order valence-electron chi connectivity index (χ0n) is 16.9. The van der Waals surface area contributed by atoms with Crippen LogP contribution in [0.15, 0.2) is 47.6 Å². The van der Waals surface area contributed by atoms with Gasteiger partial charge in [0, 0.05) is 38.4 Å². The summed E-state index contributed by atoms with van der Waals surface area (Å²) in [4.78, 5) is 22.7. The van der Waals surface area contributed by atoms with Crippen molar-refractivity contribution in [1.82, 2.24) is 20.9 Å². The number of phenolic OH excluding ortho intramolecular Hbond substituents is 1. The van der Waals surface area contributed by atoms with Gasteiger partial charge in [0.2, 0.25) is 0 Å². The zero-order valence-corrected chi connectivity index (χ0v) is 16.9. The monoisotopic (exact) mass is 414 g/mol. The van der Waals surface area contributed by atoms with Crippen LogP contribution in [0.1, 0.15) is 23.7 Å². The Morgan fingerprint density at radius 3 is 2.90 bits per heavy atom. The van der Waals surface area contributed by atoms with Crippen LogP contribution in [0.4, 0.5) is 10.2 Å². The minimum Gasteiger partial charge on any atom is -0.507 e. The van der Waals surface area contributed by atoms with Crippen molar-refractivity contribution in [3.05, 3.63) is 54.0 Å². The smallest absolute Gasteiger partial charge is 0.255 e. The average Bonchev–Trinajstić information content (AvgIpc) is 3.20. The van der Waals surface area contributed by atoms with Crippen molar-refractivity contribution in [2.75, 3.05) is 37.6 Å². The molecule has 1 unspecified atom stereocenters. The molecule has 1 aromatic carbocycles. The molecule has 1 saturated heterocycles. The van der Waals surface area contributed by atoms with Gasteiger partial charge in [0.05, 0.1) is 12.1 Å². The number of rotatable bonds is 7. The molecule has 1 atom stereocenters. The minimum atomic E-state index is -0.343. The van der Waals surface area contributed by atoms with Crippen molar-refractivity contribution in [2.45, 2.75) is 19.4 Å². The average molecular weight is 414 g/mol. The molecule has 1 aromatic heterocycles. The van der Waals surface area contributed by atoms with Gasteiger partial charge < -0.3 is 26.0 Å². The summed E-state index contributed by atoms with van der Waals surface area (Å²) in [6, 6.07) is 9.51. The SMILES string of the molecule is CCNC(=NCCNC(=O)c1ccccc1O)NC1CCN(c2ncccc2F)C1. The number of hydrogen-bond acceptors (Lipinski definition) is 5. The molecule has 1 fully saturated rings. The number of hydrogen-bond donors (Lipinski definition) is 4. The molecular weight excluding hydrogens is 387 g/mol. The summed E-state index contributed by atoms with van der Waals surface area (Å²) in [5.74, 6) is 0.297. The van der Waals surface area contributed by atoms with Gasteiger partial charge >= 0.3 is 0 Å². The fraction of sp³-hybridized carbons (Fsp3) is 0.381. The van der Waals surface area contributed by atoms with Crippen molar-refractivity contribution in [3.63, 3.8) is 0 Å². The number of guanidine groups is 1. The van der Waals surface area contributed by atoms with Gasteiger partial charge in [0.15, 0.2) is 17.6 Å². The number of aromatic hydroxyl groups is 1. The van der Waals surface area contributed by atoms with E-state index in [4.69, 9.17) is 0 Å². The fourth-order valence-electron chi connectivity index (χ4n) is 3.29. The van der Waals surface area contributed by atoms with Crippen LogP contribution in [-0.4, -0.2) is 60.7 Å². The maximum Gasteiger partial charge on any atom is 0.255 e. The van der Waals surface area contributed by atoms with Crippen LogP contribution < -0.4 is 20.9 Å². The number of benzene rings is 1. The van der Waals surface area contributed by atoms with Gasteiger partial charge in [-0.1, -0.05) is 12.1 Å². The second-order valence-corrected chi connectivity index (χ2v) is 6.92. The highest BCUT2D eigenvalue weighted by Crippen LogP contribution is 2.20. The first-order chi connectivity index (χ1) is 14.6. The number of para-hydroxylation sites is 1. The first-order valence-corrected chi connectivity index (χ1v) is 10.0. The number of amides is 1. The van der Waals surface area contributed by atoms with Crippen LogP contribution in [-0.2, 0) is 0 Å². The Balaban J connectivity index is 1.49. The summed E-state index contributed by atoms with van der Waals surface area (Å²) in [5.41, 5.74) is 0.235. The molecule has 2 aromatic rings. The van der Waals surface area contributed by atoms with E-state index in [1.165, 1.54) is 12.1 Å². The molecule has 4 N–H and O–H groups in total. The number of nitrogens with zero attached hydrogens (tertiary/aromatic N) is 3. The standard InChI is InChI=1S/C21H27FN6O2/c1-2-23-21(26-12-11-25-20(30)16-6-3-4-8-18(16)29)27-15-9-13-28(14-15)19-17(22)7-5-10-24-19/h3-8,10,15,29H,2,9,11-14H2,1H3,(H,25,30)(H2,23,26,27). The predicted molar refractivity (Wildman–Crippen MR) is 114 cm³/mol. The highest BCUT2D eigenvalue weighted by molar-refractivity contribution is 5.96. The fourth-order valence-corrected chi connectivity index (χ4v) is 3.29. The van der Waals surface area contributed by atoms with Gasteiger partial charge in [0.1, 0.15) is 5.75 Å². The molecule has 1 aliphatic heterocycles. The molecule has 1 aliphatic rings. The van der Waals surface area contributed by atoms with Crippen molar-refractivity contribution < 1.29 is 14.3 Å². The van der Waals surface area contributed by atoms with E-state index in [0.29, 0.717) is 44.5 Å². The van der Waals surface area contributed by atoms with Crippen molar-refractivity contribution in [2.24, 2.45) is 4.99 Å². The Bertz CT molecular complexity index is 891. The van der Waals surface area contributed by atoms with Crippen LogP contribution in [0.3, 0.4) is 0 Å². The number of pyridine rings is 1. The molecule has 0 radical (unpaired) electrons. The van der Waals surface area contributed by atoms with E-state index in [1.54, 1.807) is 30.5 Å². The lowest BCUT2D eigenvalue weighted by atomic mass is 10.2. The van der Waals surface area contributed by atoms with E-state index < -0.39 is 0 Å². The third-order valence-electron chi connectivity index (χ3n) is 4.73. The lowest BCUT2D eigenvalue weighted by Crippen LogP contribution is -2.45. The number of phenols is 1. The van der Waals surface area contributed by atoms with Crippen molar-refractivity contribution >= 4 is 17.7 Å². The van der Waals surface area contributed by atoms with Crippen LogP contribution in [0.25, 0.3) is 0 Å². The maximum absolute atomic E-state index is 14.0. The molecule has 0 spiro atoms. The Morgan fingerprint density at radius 2 is 2.13 bits per heavy atom. The highest BCUT2D eigenvalue weighted by atomic mass is 19.1. The molecule has 30 heavy (non-hydrogen) atoms. The molecule has 0 bridgehead atoms. The molecule has 8 nitrogen and oxygen atoms in total. The Labute approximate surface area is 175 Å². The van der Waals surface area contributed by atoms with Gasteiger partial charge in [0.25, 0.3) is 5.91 Å². The van der Waals surface area contributed by atoms with Crippen LogP contribution in [0, 0.1) is 5.82 Å². The highest BCUT2D eigenvalue weighted by Gasteiger charge is 2.25. The molecule has 1 amide bonds. The molecule has 0 aliphatic carbocycles. The summed E-state index contributed by atoms with van der Waals surface area (Å²) in [5, 5.41) is 19.0. The first-order valence-electron chi connectivity index (χ1n) is 10.0. The number of aliphatic imine (C=N–C) groups is 1. The van der Waals surface area contributed by atoms with Crippen molar-refractivity contribution in [3.8, 4) is 5.75 Å². The Kier molecular flexibility index (Phi) is 7.42. The van der Waals surface area contributed by atoms with Gasteiger partial charge in [-0.2, -0.15) is 0 Å². The summed E-state index contributed by atoms with van der Waals surface area (Å²) in [7, 11) is 0. The quantitative estimate of drug-likeness (QED) is 0.311. The summed E-state index contributed by atoms with van der Waals surface area (Å²) < 4.78 is 14.0.